The average molecular weight is 530 g/mol. The Morgan fingerprint density at radius 2 is 1.50 bits per heavy atom. The minimum atomic E-state index is -4.47. The third kappa shape index (κ3) is 12.1. The van der Waals surface area contributed by atoms with Gasteiger partial charge in [-0.05, 0) is 18.4 Å². The van der Waals surface area contributed by atoms with E-state index in [1.807, 2.05) is 13.8 Å². The van der Waals surface area contributed by atoms with E-state index in [1.54, 1.807) is 30.3 Å². The number of carbonyl (C=O) groups is 3. The molecule has 36 heavy (non-hydrogen) atoms. The van der Waals surface area contributed by atoms with Crippen LogP contribution in [0.15, 0.2) is 35.1 Å². The summed E-state index contributed by atoms with van der Waals surface area (Å²) in [7, 11) is -3.11. The van der Waals surface area contributed by atoms with Gasteiger partial charge in [-0.15, -0.1) is 4.76 Å². The molecule has 1 rings (SSSR count). The van der Waals surface area contributed by atoms with Gasteiger partial charge >= 0.3 is 25.7 Å². The highest BCUT2D eigenvalue weighted by atomic mass is 31.2. The quantitative estimate of drug-likeness (QED) is 0.0997. The molecule has 12 nitrogen and oxygen atoms in total. The summed E-state index contributed by atoms with van der Waals surface area (Å²) in [5.74, 6) is -2.79. The SMILES string of the molecule is CCCCC(=O)OCOP(=O)(N=C(N)N(C)C(Cc1ccccc1)C(=O)O)OCOC(=O)CCCC. The first-order chi connectivity index (χ1) is 17.1. The molecule has 0 saturated carbocycles. The van der Waals surface area contributed by atoms with E-state index < -0.39 is 51.2 Å². The van der Waals surface area contributed by atoms with Crippen molar-refractivity contribution in [2.45, 2.75) is 64.8 Å². The normalized spacial score (nSPS) is 12.6. The van der Waals surface area contributed by atoms with Crippen LogP contribution in [0.2, 0.25) is 0 Å². The number of unbranched alkanes of at least 4 members (excludes halogenated alkanes) is 2. The van der Waals surface area contributed by atoms with E-state index in [4.69, 9.17) is 24.3 Å². The molecule has 202 valence electrons. The highest BCUT2D eigenvalue weighted by Crippen LogP contribution is 2.50. The maximum absolute atomic E-state index is 13.2. The first-order valence-corrected chi connectivity index (χ1v) is 13.2. The van der Waals surface area contributed by atoms with Crippen LogP contribution in [-0.2, 0) is 43.9 Å². The summed E-state index contributed by atoms with van der Waals surface area (Å²) in [6.45, 7) is 2.31. The van der Waals surface area contributed by atoms with Gasteiger partial charge in [0.25, 0.3) is 0 Å². The van der Waals surface area contributed by atoms with E-state index in [-0.39, 0.29) is 19.3 Å². The van der Waals surface area contributed by atoms with Crippen LogP contribution in [0.4, 0.5) is 0 Å². The summed E-state index contributed by atoms with van der Waals surface area (Å²) in [6, 6.07) is 7.70. The topological polar surface area (TPSA) is 167 Å². The molecule has 1 unspecified atom stereocenters. The largest absolute Gasteiger partial charge is 0.480 e. The number of ether oxygens (including phenoxy) is 2. The molecule has 0 aliphatic rings. The van der Waals surface area contributed by atoms with Crippen molar-refractivity contribution in [3.63, 3.8) is 0 Å². The van der Waals surface area contributed by atoms with Gasteiger partial charge in [-0.25, -0.2) is 9.36 Å². The summed E-state index contributed by atoms with van der Waals surface area (Å²) in [6.07, 6.45) is 3.15. The molecule has 0 aliphatic carbocycles. The van der Waals surface area contributed by atoms with Crippen LogP contribution >= 0.6 is 7.75 Å². The summed E-state index contributed by atoms with van der Waals surface area (Å²) in [5.41, 5.74) is 6.69. The van der Waals surface area contributed by atoms with Crippen LogP contribution in [0.3, 0.4) is 0 Å². The molecule has 0 aliphatic heterocycles. The molecule has 0 saturated heterocycles. The van der Waals surface area contributed by atoms with E-state index in [9.17, 15) is 24.1 Å². The van der Waals surface area contributed by atoms with E-state index in [0.29, 0.717) is 12.8 Å². The zero-order valence-electron chi connectivity index (χ0n) is 21.0. The number of rotatable bonds is 17. The molecule has 0 spiro atoms. The molecule has 0 bridgehead atoms. The lowest BCUT2D eigenvalue weighted by Gasteiger charge is -2.26. The number of hydrogen-bond donors (Lipinski definition) is 2. The Kier molecular flexibility index (Phi) is 14.4. The summed E-state index contributed by atoms with van der Waals surface area (Å²) < 4.78 is 36.9. The maximum Gasteiger partial charge on any atom is 0.462 e. The molecule has 0 fully saturated rings. The van der Waals surface area contributed by atoms with Gasteiger partial charge in [0.1, 0.15) is 6.04 Å². The minimum absolute atomic E-state index is 0.0823. The Morgan fingerprint density at radius 1 is 1.00 bits per heavy atom. The van der Waals surface area contributed by atoms with Crippen molar-refractivity contribution in [3.05, 3.63) is 35.9 Å². The Hall–Kier alpha value is -2.95. The smallest absolute Gasteiger partial charge is 0.462 e. The van der Waals surface area contributed by atoms with Gasteiger partial charge in [0.15, 0.2) is 0 Å². The average Bonchev–Trinajstić information content (AvgIpc) is 2.84. The summed E-state index contributed by atoms with van der Waals surface area (Å²) >= 11 is 0. The Labute approximate surface area is 211 Å². The fourth-order valence-electron chi connectivity index (χ4n) is 2.78. The van der Waals surface area contributed by atoms with Crippen LogP contribution in [0.25, 0.3) is 0 Å². The van der Waals surface area contributed by atoms with Gasteiger partial charge in [-0.3, -0.25) is 18.6 Å². The molecule has 1 aromatic rings. The van der Waals surface area contributed by atoms with Crippen LogP contribution in [0.5, 0.6) is 0 Å². The standard InChI is InChI=1S/C23H36N3O9P/c1-4-6-13-20(27)32-16-34-36(31,35-17-33-21(28)14-7-5-2)25-23(24)26(3)19(22(29)30)15-18-11-9-8-10-12-18/h8-12,19H,4-7,13-17H2,1-3H3,(H,29,30)(H2,24,25,31). The van der Waals surface area contributed by atoms with E-state index in [0.717, 1.165) is 23.3 Å². The molecule has 0 amide bonds. The van der Waals surface area contributed by atoms with Gasteiger partial charge < -0.3 is 25.2 Å². The van der Waals surface area contributed by atoms with Gasteiger partial charge in [0.2, 0.25) is 19.5 Å². The molecule has 13 heteroatoms. The number of carbonyl (C=O) groups excluding carboxylic acids is 2. The lowest BCUT2D eigenvalue weighted by molar-refractivity contribution is -0.152. The number of guanidine groups is 1. The predicted octanol–water partition coefficient (Wildman–Crippen LogP) is 3.45. The molecule has 1 atom stereocenters. The number of benzene rings is 1. The third-order valence-electron chi connectivity index (χ3n) is 4.95. The second-order valence-corrected chi connectivity index (χ2v) is 9.47. The van der Waals surface area contributed by atoms with Crippen molar-refractivity contribution in [1.82, 2.24) is 4.90 Å². The number of likely N-dealkylation sites (N-methyl/N-ethyl adjacent to an activating group) is 1. The highest BCUT2D eigenvalue weighted by molar-refractivity contribution is 7.52. The van der Waals surface area contributed by atoms with Gasteiger partial charge in [-0.1, -0.05) is 57.0 Å². The monoisotopic (exact) mass is 529 g/mol. The fourth-order valence-corrected chi connectivity index (χ4v) is 3.74. The first kappa shape index (κ1) is 31.1. The predicted molar refractivity (Wildman–Crippen MR) is 132 cm³/mol. The minimum Gasteiger partial charge on any atom is -0.480 e. The third-order valence-corrected chi connectivity index (χ3v) is 6.26. The number of esters is 2. The molecule has 0 aromatic heterocycles. The number of nitrogens with two attached hydrogens (primary N) is 1. The zero-order chi connectivity index (χ0) is 27.0. The summed E-state index contributed by atoms with van der Waals surface area (Å²) in [5, 5.41) is 9.70. The second kappa shape index (κ2) is 16.7. The number of hydrogen-bond acceptors (Lipinski definition) is 8. The number of nitrogens with zero attached hydrogens (tertiary/aromatic N) is 2. The molecule has 3 N–H and O–H groups in total. The fraction of sp³-hybridized carbons (Fsp3) is 0.565. The lowest BCUT2D eigenvalue weighted by atomic mass is 10.1. The Bertz CT molecular complexity index is 881. The molecule has 1 aromatic carbocycles. The second-order valence-electron chi connectivity index (χ2n) is 7.82. The number of carboxylic acids is 1. The van der Waals surface area contributed by atoms with E-state index in [2.05, 4.69) is 4.76 Å². The maximum atomic E-state index is 13.2. The van der Waals surface area contributed by atoms with Crippen molar-refractivity contribution in [2.24, 2.45) is 10.5 Å². The van der Waals surface area contributed by atoms with Crippen molar-refractivity contribution in [1.29, 1.82) is 0 Å². The molecular weight excluding hydrogens is 493 g/mol. The van der Waals surface area contributed by atoms with Gasteiger partial charge in [0, 0.05) is 26.3 Å². The van der Waals surface area contributed by atoms with Crippen LogP contribution in [-0.4, -0.2) is 60.5 Å². The molecule has 0 radical (unpaired) electrons. The van der Waals surface area contributed by atoms with Crippen molar-refractivity contribution in [2.75, 3.05) is 20.6 Å². The van der Waals surface area contributed by atoms with E-state index >= 15 is 0 Å². The number of aliphatic carboxylic acids is 1. The molecular formula is C23H36N3O9P. The Morgan fingerprint density at radius 3 is 1.94 bits per heavy atom. The summed E-state index contributed by atoms with van der Waals surface area (Å²) in [4.78, 5) is 36.4. The van der Waals surface area contributed by atoms with Gasteiger partial charge in [-0.2, -0.15) is 0 Å². The highest BCUT2D eigenvalue weighted by Gasteiger charge is 2.31. The van der Waals surface area contributed by atoms with Crippen molar-refractivity contribution in [3.8, 4) is 0 Å². The van der Waals surface area contributed by atoms with Crippen LogP contribution < -0.4 is 5.73 Å². The first-order valence-electron chi connectivity index (χ1n) is 11.7. The number of carboxylic acid groups (broad SMARTS) is 1. The van der Waals surface area contributed by atoms with Crippen LogP contribution in [0.1, 0.15) is 57.9 Å². The van der Waals surface area contributed by atoms with E-state index in [1.165, 1.54) is 7.05 Å². The Balaban J connectivity index is 2.97. The zero-order valence-corrected chi connectivity index (χ0v) is 21.9. The van der Waals surface area contributed by atoms with Gasteiger partial charge in [0.05, 0.1) is 0 Å². The lowest BCUT2D eigenvalue weighted by Crippen LogP contribution is -2.47. The van der Waals surface area contributed by atoms with Crippen molar-refractivity contribution >= 4 is 31.6 Å². The van der Waals surface area contributed by atoms with Crippen molar-refractivity contribution < 1.29 is 42.6 Å². The van der Waals surface area contributed by atoms with Crippen LogP contribution in [0, 0.1) is 0 Å². The molecule has 0 heterocycles.